The highest BCUT2D eigenvalue weighted by atomic mass is 35.5. The van der Waals surface area contributed by atoms with Crippen LogP contribution in [0.2, 0.25) is 5.02 Å². The van der Waals surface area contributed by atoms with Crippen LogP contribution in [-0.2, 0) is 6.54 Å². The Morgan fingerprint density at radius 3 is 2.88 bits per heavy atom. The molecule has 1 aromatic carbocycles. The molecule has 0 bridgehead atoms. The van der Waals surface area contributed by atoms with E-state index < -0.39 is 0 Å². The second-order valence-electron chi connectivity index (χ2n) is 4.51. The Hall–Kier alpha value is -1.06. The van der Waals surface area contributed by atoms with Gasteiger partial charge in [0.1, 0.15) is 11.6 Å². The molecule has 1 aliphatic rings. The van der Waals surface area contributed by atoms with Gasteiger partial charge in [0, 0.05) is 10.9 Å². The number of benzene rings is 1. The normalized spacial score (nSPS) is 15.7. The lowest BCUT2D eigenvalue weighted by molar-refractivity contribution is 0.524. The summed E-state index contributed by atoms with van der Waals surface area (Å²) >= 11 is 6.02. The van der Waals surface area contributed by atoms with E-state index in [1.807, 2.05) is 7.05 Å². The number of furan rings is 1. The summed E-state index contributed by atoms with van der Waals surface area (Å²) in [5.74, 6) is 1.09. The molecule has 1 N–H and O–H groups in total. The van der Waals surface area contributed by atoms with Crippen LogP contribution in [0.5, 0.6) is 0 Å². The third-order valence-electron chi connectivity index (χ3n) is 3.15. The Balaban J connectivity index is 2.26. The van der Waals surface area contributed by atoms with Crippen molar-refractivity contribution in [2.24, 2.45) is 0 Å². The van der Waals surface area contributed by atoms with Gasteiger partial charge in [-0.3, -0.25) is 0 Å². The fourth-order valence-electron chi connectivity index (χ4n) is 2.30. The number of rotatable bonds is 3. The van der Waals surface area contributed by atoms with E-state index in [-0.39, 0.29) is 5.82 Å². The van der Waals surface area contributed by atoms with Crippen LogP contribution >= 0.6 is 11.6 Å². The summed E-state index contributed by atoms with van der Waals surface area (Å²) < 4.78 is 19.2. The van der Waals surface area contributed by atoms with Crippen molar-refractivity contribution in [1.82, 2.24) is 5.32 Å². The predicted octanol–water partition coefficient (Wildman–Crippen LogP) is 3.82. The van der Waals surface area contributed by atoms with Crippen LogP contribution in [0.15, 0.2) is 16.5 Å². The van der Waals surface area contributed by atoms with Crippen LogP contribution in [0.3, 0.4) is 0 Å². The third-order valence-corrected chi connectivity index (χ3v) is 3.43. The fraction of sp³-hybridized carbons (Fsp3) is 0.385. The van der Waals surface area contributed by atoms with Crippen molar-refractivity contribution >= 4 is 22.6 Å². The van der Waals surface area contributed by atoms with Crippen molar-refractivity contribution in [3.8, 4) is 0 Å². The summed E-state index contributed by atoms with van der Waals surface area (Å²) in [6.45, 7) is 0.651. The molecule has 17 heavy (non-hydrogen) atoms. The Kier molecular flexibility index (Phi) is 2.60. The Labute approximate surface area is 104 Å². The molecule has 0 saturated heterocycles. The fourth-order valence-corrected chi connectivity index (χ4v) is 2.55. The lowest BCUT2D eigenvalue weighted by Gasteiger charge is -1.99. The molecule has 1 aliphatic carbocycles. The molecule has 2 aromatic rings. The SMILES string of the molecule is CNCc1oc2c(Cl)cc(F)cc2c1C1CC1. The Bertz CT molecular complexity index is 574. The van der Waals surface area contributed by atoms with Gasteiger partial charge in [0.15, 0.2) is 5.58 Å². The van der Waals surface area contributed by atoms with Gasteiger partial charge in [0.05, 0.1) is 11.6 Å². The average Bonchev–Trinajstić information content (AvgIpc) is 3.03. The molecule has 0 radical (unpaired) electrons. The van der Waals surface area contributed by atoms with E-state index in [0.29, 0.717) is 23.1 Å². The smallest absolute Gasteiger partial charge is 0.153 e. The van der Waals surface area contributed by atoms with Gasteiger partial charge in [0.25, 0.3) is 0 Å². The van der Waals surface area contributed by atoms with E-state index >= 15 is 0 Å². The largest absolute Gasteiger partial charge is 0.458 e. The lowest BCUT2D eigenvalue weighted by Crippen LogP contribution is -2.05. The summed E-state index contributed by atoms with van der Waals surface area (Å²) in [4.78, 5) is 0. The van der Waals surface area contributed by atoms with Crippen LogP contribution in [-0.4, -0.2) is 7.05 Å². The maximum atomic E-state index is 13.4. The number of hydrogen-bond acceptors (Lipinski definition) is 2. The molecule has 0 atom stereocenters. The molecule has 1 saturated carbocycles. The van der Waals surface area contributed by atoms with E-state index in [4.69, 9.17) is 16.0 Å². The summed E-state index contributed by atoms with van der Waals surface area (Å²) in [5, 5.41) is 4.26. The maximum absolute atomic E-state index is 13.4. The van der Waals surface area contributed by atoms with Crippen molar-refractivity contribution in [2.75, 3.05) is 7.05 Å². The van der Waals surface area contributed by atoms with Gasteiger partial charge in [-0.15, -0.1) is 0 Å². The predicted molar refractivity (Wildman–Crippen MR) is 65.9 cm³/mol. The van der Waals surface area contributed by atoms with Crippen LogP contribution in [0, 0.1) is 5.82 Å². The summed E-state index contributed by atoms with van der Waals surface area (Å²) in [5.41, 5.74) is 1.75. The zero-order valence-electron chi connectivity index (χ0n) is 9.52. The monoisotopic (exact) mass is 253 g/mol. The van der Waals surface area contributed by atoms with Crippen molar-refractivity contribution in [2.45, 2.75) is 25.3 Å². The molecule has 1 heterocycles. The van der Waals surface area contributed by atoms with Crippen molar-refractivity contribution < 1.29 is 8.81 Å². The molecule has 2 nitrogen and oxygen atoms in total. The quantitative estimate of drug-likeness (QED) is 0.900. The molecular weight excluding hydrogens is 241 g/mol. The Morgan fingerprint density at radius 1 is 1.47 bits per heavy atom. The van der Waals surface area contributed by atoms with Gasteiger partial charge in [-0.05, 0) is 37.9 Å². The van der Waals surface area contributed by atoms with Gasteiger partial charge in [-0.25, -0.2) is 4.39 Å². The summed E-state index contributed by atoms with van der Waals surface area (Å²) in [6, 6.07) is 2.82. The van der Waals surface area contributed by atoms with Crippen LogP contribution in [0.4, 0.5) is 4.39 Å². The molecule has 4 heteroatoms. The van der Waals surface area contributed by atoms with E-state index in [2.05, 4.69) is 5.32 Å². The van der Waals surface area contributed by atoms with Crippen molar-refractivity contribution in [3.05, 3.63) is 34.3 Å². The molecule has 0 aliphatic heterocycles. The number of nitrogens with one attached hydrogen (secondary N) is 1. The second kappa shape index (κ2) is 4.00. The van der Waals surface area contributed by atoms with Gasteiger partial charge < -0.3 is 9.73 Å². The van der Waals surface area contributed by atoms with E-state index in [1.165, 1.54) is 12.1 Å². The number of hydrogen-bond donors (Lipinski definition) is 1. The highest BCUT2D eigenvalue weighted by Crippen LogP contribution is 2.47. The van der Waals surface area contributed by atoms with Crippen molar-refractivity contribution in [1.29, 1.82) is 0 Å². The average molecular weight is 254 g/mol. The first kappa shape index (κ1) is 11.1. The standard InChI is InChI=1S/C13H13ClFNO/c1-16-6-11-12(7-2-3-7)9-4-8(15)5-10(14)13(9)17-11/h4-5,7,16H,2-3,6H2,1H3. The Morgan fingerprint density at radius 2 is 2.24 bits per heavy atom. The van der Waals surface area contributed by atoms with Crippen LogP contribution in [0.1, 0.15) is 30.1 Å². The van der Waals surface area contributed by atoms with E-state index in [1.54, 1.807) is 0 Å². The molecular formula is C13H13ClFNO. The molecule has 90 valence electrons. The highest BCUT2D eigenvalue weighted by molar-refractivity contribution is 6.35. The highest BCUT2D eigenvalue weighted by Gasteiger charge is 2.31. The summed E-state index contributed by atoms with van der Waals surface area (Å²) in [6.07, 6.45) is 2.30. The molecule has 0 spiro atoms. The molecule has 3 rings (SSSR count). The zero-order valence-corrected chi connectivity index (χ0v) is 10.3. The van der Waals surface area contributed by atoms with Crippen molar-refractivity contribution in [3.63, 3.8) is 0 Å². The van der Waals surface area contributed by atoms with Gasteiger partial charge in [-0.1, -0.05) is 11.6 Å². The minimum atomic E-state index is -0.304. The second-order valence-corrected chi connectivity index (χ2v) is 4.92. The topological polar surface area (TPSA) is 25.2 Å². The first-order valence-corrected chi connectivity index (χ1v) is 6.13. The first-order chi connectivity index (χ1) is 8.20. The van der Waals surface area contributed by atoms with Gasteiger partial charge in [0.2, 0.25) is 0 Å². The maximum Gasteiger partial charge on any atom is 0.153 e. The van der Waals surface area contributed by atoms with Crippen LogP contribution in [0.25, 0.3) is 11.0 Å². The van der Waals surface area contributed by atoms with E-state index in [9.17, 15) is 4.39 Å². The number of halogens is 2. The molecule has 0 unspecified atom stereocenters. The molecule has 0 amide bonds. The summed E-state index contributed by atoms with van der Waals surface area (Å²) in [7, 11) is 1.87. The third kappa shape index (κ3) is 1.83. The van der Waals surface area contributed by atoms with Gasteiger partial charge >= 0.3 is 0 Å². The lowest BCUT2D eigenvalue weighted by atomic mass is 10.1. The molecule has 1 fully saturated rings. The molecule has 1 aromatic heterocycles. The minimum absolute atomic E-state index is 0.304. The first-order valence-electron chi connectivity index (χ1n) is 5.75. The van der Waals surface area contributed by atoms with Gasteiger partial charge in [-0.2, -0.15) is 0 Å². The van der Waals surface area contributed by atoms with E-state index in [0.717, 1.165) is 29.6 Å². The van der Waals surface area contributed by atoms with Crippen LogP contribution < -0.4 is 5.32 Å². The number of fused-ring (bicyclic) bond motifs is 1. The minimum Gasteiger partial charge on any atom is -0.458 e. The zero-order chi connectivity index (χ0) is 12.0.